The van der Waals surface area contributed by atoms with Crippen LogP contribution >= 0.6 is 11.6 Å². The number of nitrogens with zero attached hydrogens (tertiary/aromatic N) is 1. The Morgan fingerprint density at radius 2 is 1.89 bits per heavy atom. The Balaban J connectivity index is 1.56. The van der Waals surface area contributed by atoms with Crippen LogP contribution in [0, 0.1) is 0 Å². The monoisotopic (exact) mass is 500 g/mol. The van der Waals surface area contributed by atoms with E-state index in [-0.39, 0.29) is 12.1 Å². The number of fused-ring (bicyclic) bond motifs is 3. The van der Waals surface area contributed by atoms with E-state index < -0.39 is 0 Å². The van der Waals surface area contributed by atoms with Gasteiger partial charge in [-0.05, 0) is 54.3 Å². The van der Waals surface area contributed by atoms with Crippen molar-refractivity contribution in [3.8, 4) is 5.75 Å². The average Bonchev–Trinajstić information content (AvgIpc) is 3.24. The summed E-state index contributed by atoms with van der Waals surface area (Å²) in [6.45, 7) is 5.13. The van der Waals surface area contributed by atoms with Gasteiger partial charge in [0.15, 0.2) is 0 Å². The number of rotatable bonds is 11. The zero-order valence-corrected chi connectivity index (χ0v) is 21.1. The molecule has 0 fully saturated rings. The van der Waals surface area contributed by atoms with Crippen molar-refractivity contribution in [1.29, 1.82) is 0 Å². The number of halogens is 1. The molecule has 3 aromatic rings. The zero-order chi connectivity index (χ0) is 24.6. The SMILES string of the molecule is CCCCOC(=O)N1CCc2c([nH]c3ccc(Cl)cc23)C1c1ccc(OCCOCCOC)cc1. The molecular weight excluding hydrogens is 468 g/mol. The predicted molar refractivity (Wildman–Crippen MR) is 136 cm³/mol. The van der Waals surface area contributed by atoms with Gasteiger partial charge in [-0.15, -0.1) is 0 Å². The highest BCUT2D eigenvalue weighted by atomic mass is 35.5. The van der Waals surface area contributed by atoms with Crippen LogP contribution in [0.5, 0.6) is 5.75 Å². The number of aromatic nitrogens is 1. The Bertz CT molecular complexity index is 1110. The van der Waals surface area contributed by atoms with Crippen LogP contribution in [0.1, 0.15) is 42.6 Å². The minimum Gasteiger partial charge on any atom is -0.491 e. The molecule has 1 aliphatic rings. The maximum absolute atomic E-state index is 13.1. The number of unbranched alkanes of at least 4 members (excludes halogenated alkanes) is 1. The summed E-state index contributed by atoms with van der Waals surface area (Å²) in [4.78, 5) is 18.4. The lowest BCUT2D eigenvalue weighted by Crippen LogP contribution is -2.41. The van der Waals surface area contributed by atoms with Gasteiger partial charge in [-0.1, -0.05) is 37.1 Å². The fourth-order valence-corrected chi connectivity index (χ4v) is 4.57. The Morgan fingerprint density at radius 3 is 2.66 bits per heavy atom. The molecule has 0 saturated carbocycles. The highest BCUT2D eigenvalue weighted by Gasteiger charge is 2.35. The first-order valence-corrected chi connectivity index (χ1v) is 12.5. The summed E-state index contributed by atoms with van der Waals surface area (Å²) in [7, 11) is 1.65. The number of carbonyl (C=O) groups excluding carboxylic acids is 1. The van der Waals surface area contributed by atoms with Gasteiger partial charge in [-0.25, -0.2) is 4.79 Å². The third-order valence-corrected chi connectivity index (χ3v) is 6.41. The maximum Gasteiger partial charge on any atom is 0.410 e. The summed E-state index contributed by atoms with van der Waals surface area (Å²) >= 11 is 6.29. The minimum absolute atomic E-state index is 0.287. The van der Waals surface area contributed by atoms with Crippen molar-refractivity contribution < 1.29 is 23.7 Å². The third-order valence-electron chi connectivity index (χ3n) is 6.17. The van der Waals surface area contributed by atoms with E-state index in [0.29, 0.717) is 44.6 Å². The number of amides is 1. The normalized spacial score (nSPS) is 15.3. The van der Waals surface area contributed by atoms with Crippen molar-refractivity contribution >= 4 is 28.6 Å². The van der Waals surface area contributed by atoms with Gasteiger partial charge in [0, 0.05) is 35.3 Å². The van der Waals surface area contributed by atoms with E-state index in [1.807, 2.05) is 47.4 Å². The zero-order valence-electron chi connectivity index (χ0n) is 20.3. The van der Waals surface area contributed by atoms with Gasteiger partial charge < -0.3 is 23.9 Å². The first kappa shape index (κ1) is 25.4. The first-order chi connectivity index (χ1) is 17.1. The number of hydrogen-bond donors (Lipinski definition) is 1. The number of H-pyrrole nitrogens is 1. The van der Waals surface area contributed by atoms with Crippen LogP contribution in [-0.4, -0.2) is 62.7 Å². The quantitative estimate of drug-likeness (QED) is 0.339. The fourth-order valence-electron chi connectivity index (χ4n) is 4.40. The number of benzene rings is 2. The van der Waals surface area contributed by atoms with Crippen molar-refractivity contribution in [1.82, 2.24) is 9.88 Å². The number of carbonyl (C=O) groups is 1. The highest BCUT2D eigenvalue weighted by molar-refractivity contribution is 6.31. The second kappa shape index (κ2) is 12.3. The molecule has 7 nitrogen and oxygen atoms in total. The van der Waals surface area contributed by atoms with Crippen LogP contribution in [0.25, 0.3) is 10.9 Å². The van der Waals surface area contributed by atoms with Crippen LogP contribution in [-0.2, 0) is 20.6 Å². The molecule has 2 aromatic carbocycles. The summed E-state index contributed by atoms with van der Waals surface area (Å²) in [5.74, 6) is 0.751. The Labute approximate surface area is 211 Å². The van der Waals surface area contributed by atoms with Crippen molar-refractivity contribution in [3.63, 3.8) is 0 Å². The molecule has 1 unspecified atom stereocenters. The largest absolute Gasteiger partial charge is 0.491 e. The Morgan fingerprint density at radius 1 is 1.09 bits per heavy atom. The Kier molecular flexibility index (Phi) is 8.90. The van der Waals surface area contributed by atoms with E-state index in [4.69, 9.17) is 30.5 Å². The lowest BCUT2D eigenvalue weighted by atomic mass is 9.92. The van der Waals surface area contributed by atoms with Crippen LogP contribution in [0.2, 0.25) is 5.02 Å². The third kappa shape index (κ3) is 6.10. The maximum atomic E-state index is 13.1. The molecule has 1 aromatic heterocycles. The lowest BCUT2D eigenvalue weighted by molar-refractivity contribution is 0.0544. The molecule has 1 atom stereocenters. The number of aromatic amines is 1. The van der Waals surface area contributed by atoms with Gasteiger partial charge in [-0.2, -0.15) is 0 Å². The van der Waals surface area contributed by atoms with E-state index in [9.17, 15) is 4.79 Å². The van der Waals surface area contributed by atoms with Gasteiger partial charge in [0.1, 0.15) is 18.4 Å². The van der Waals surface area contributed by atoms with Crippen LogP contribution in [0.15, 0.2) is 42.5 Å². The molecule has 0 bridgehead atoms. The molecule has 4 rings (SSSR count). The molecule has 8 heteroatoms. The van der Waals surface area contributed by atoms with E-state index in [0.717, 1.165) is 47.2 Å². The molecule has 0 saturated heterocycles. The van der Waals surface area contributed by atoms with Gasteiger partial charge in [0.05, 0.1) is 26.4 Å². The van der Waals surface area contributed by atoms with Gasteiger partial charge in [0.25, 0.3) is 0 Å². The number of hydrogen-bond acceptors (Lipinski definition) is 5. The average molecular weight is 501 g/mol. The van der Waals surface area contributed by atoms with Crippen LogP contribution < -0.4 is 4.74 Å². The predicted octanol–water partition coefficient (Wildman–Crippen LogP) is 5.75. The molecule has 1 aliphatic heterocycles. The van der Waals surface area contributed by atoms with E-state index >= 15 is 0 Å². The van der Waals surface area contributed by atoms with E-state index in [1.54, 1.807) is 7.11 Å². The highest BCUT2D eigenvalue weighted by Crippen LogP contribution is 2.39. The smallest absolute Gasteiger partial charge is 0.410 e. The van der Waals surface area contributed by atoms with Crippen molar-refractivity contribution in [2.45, 2.75) is 32.2 Å². The lowest BCUT2D eigenvalue weighted by Gasteiger charge is -2.35. The number of methoxy groups -OCH3 is 1. The Hall–Kier alpha value is -2.74. The second-order valence-electron chi connectivity index (χ2n) is 8.54. The number of nitrogens with one attached hydrogen (secondary N) is 1. The van der Waals surface area contributed by atoms with Crippen LogP contribution in [0.3, 0.4) is 0 Å². The molecule has 0 aliphatic carbocycles. The second-order valence-corrected chi connectivity index (χ2v) is 8.98. The van der Waals surface area contributed by atoms with E-state index in [2.05, 4.69) is 11.9 Å². The van der Waals surface area contributed by atoms with Gasteiger partial charge in [0.2, 0.25) is 0 Å². The van der Waals surface area contributed by atoms with Crippen molar-refractivity contribution in [2.24, 2.45) is 0 Å². The molecule has 1 amide bonds. The standard InChI is InChI=1S/C27H33ClN2O5/c1-3-4-13-35-27(31)30-12-11-22-23-18-20(28)7-10-24(23)29-25(22)26(30)19-5-8-21(9-6-19)34-17-16-33-15-14-32-2/h5-10,18,26,29H,3-4,11-17H2,1-2H3. The molecule has 0 radical (unpaired) electrons. The molecule has 35 heavy (non-hydrogen) atoms. The van der Waals surface area contributed by atoms with Gasteiger partial charge >= 0.3 is 6.09 Å². The molecule has 188 valence electrons. The summed E-state index contributed by atoms with van der Waals surface area (Å²) in [5.41, 5.74) is 4.19. The summed E-state index contributed by atoms with van der Waals surface area (Å²) in [5, 5.41) is 1.80. The van der Waals surface area contributed by atoms with Crippen molar-refractivity contribution in [3.05, 3.63) is 64.3 Å². The number of ether oxygens (including phenoxy) is 4. The molecule has 0 spiro atoms. The molecule has 2 heterocycles. The topological polar surface area (TPSA) is 73.0 Å². The van der Waals surface area contributed by atoms with Gasteiger partial charge in [-0.3, -0.25) is 4.90 Å². The van der Waals surface area contributed by atoms with E-state index in [1.165, 1.54) is 5.56 Å². The molecular formula is C27H33ClN2O5. The minimum atomic E-state index is -0.292. The fraction of sp³-hybridized carbons (Fsp3) is 0.444. The first-order valence-electron chi connectivity index (χ1n) is 12.1. The van der Waals surface area contributed by atoms with Crippen LogP contribution in [0.4, 0.5) is 4.79 Å². The summed E-state index contributed by atoms with van der Waals surface area (Å²) < 4.78 is 21.8. The van der Waals surface area contributed by atoms with Crippen molar-refractivity contribution in [2.75, 3.05) is 46.7 Å². The summed E-state index contributed by atoms with van der Waals surface area (Å²) in [6.07, 6.45) is 2.27. The summed E-state index contributed by atoms with van der Waals surface area (Å²) in [6, 6.07) is 13.4. The molecule has 1 N–H and O–H groups in total.